The molecule has 0 radical (unpaired) electrons. The van der Waals surface area contributed by atoms with Gasteiger partial charge in [-0.1, -0.05) is 36.4 Å². The first-order valence-electron chi connectivity index (χ1n) is 6.75. The Morgan fingerprint density at radius 2 is 1.65 bits per heavy atom. The predicted molar refractivity (Wildman–Crippen MR) is 77.9 cm³/mol. The summed E-state index contributed by atoms with van der Waals surface area (Å²) in [6.07, 6.45) is 3.14. The minimum atomic E-state index is -1.07. The van der Waals surface area contributed by atoms with E-state index < -0.39 is 22.9 Å². The summed E-state index contributed by atoms with van der Waals surface area (Å²) in [6.45, 7) is 6.89. The minimum absolute atomic E-state index is 0.0797. The average Bonchev–Trinajstić information content (AvgIpc) is 2.41. The molecule has 0 spiro atoms. The van der Waals surface area contributed by atoms with Gasteiger partial charge in [0.1, 0.15) is 11.5 Å². The Hall–Kier alpha value is -1.90. The summed E-state index contributed by atoms with van der Waals surface area (Å²) in [5.41, 5.74) is -0.778. The molecule has 0 amide bonds. The van der Waals surface area contributed by atoms with Crippen molar-refractivity contribution in [1.29, 1.82) is 0 Å². The van der Waals surface area contributed by atoms with Gasteiger partial charge in [-0.15, -0.1) is 0 Å². The third-order valence-electron chi connectivity index (χ3n) is 3.87. The molecule has 0 unspecified atom stereocenters. The van der Waals surface area contributed by atoms with Crippen LogP contribution in [0.25, 0.3) is 6.08 Å². The number of rotatable bonds is 2. The molecule has 0 aromatic heterocycles. The van der Waals surface area contributed by atoms with Gasteiger partial charge in [0.2, 0.25) is 0 Å². The van der Waals surface area contributed by atoms with Crippen LogP contribution in [0.3, 0.4) is 0 Å². The van der Waals surface area contributed by atoms with E-state index >= 15 is 0 Å². The topological polar surface area (TPSA) is 43.4 Å². The maximum Gasteiger partial charge on any atom is 0.319 e. The van der Waals surface area contributed by atoms with Crippen molar-refractivity contribution in [3.8, 4) is 0 Å². The molecular weight excluding hydrogens is 252 g/mol. The van der Waals surface area contributed by atoms with Crippen LogP contribution in [0.4, 0.5) is 0 Å². The molecule has 1 fully saturated rings. The largest absolute Gasteiger partial charge is 0.456 e. The highest BCUT2D eigenvalue weighted by Gasteiger charge is 2.54. The molecule has 0 N–H and O–H groups in total. The molecule has 1 saturated heterocycles. The van der Waals surface area contributed by atoms with Crippen LogP contribution in [0.1, 0.15) is 33.3 Å². The zero-order valence-corrected chi connectivity index (χ0v) is 12.3. The molecule has 1 atom stereocenters. The van der Waals surface area contributed by atoms with Crippen molar-refractivity contribution in [2.24, 2.45) is 10.8 Å². The molecule has 1 heterocycles. The van der Waals surface area contributed by atoms with Crippen LogP contribution in [-0.4, -0.2) is 17.9 Å². The molecule has 3 nitrogen and oxygen atoms in total. The zero-order chi connectivity index (χ0) is 15.0. The van der Waals surface area contributed by atoms with Crippen LogP contribution in [0, 0.1) is 10.8 Å². The Morgan fingerprint density at radius 3 is 2.25 bits per heavy atom. The predicted octanol–water partition coefficient (Wildman–Crippen LogP) is 3.25. The van der Waals surface area contributed by atoms with Crippen LogP contribution >= 0.6 is 0 Å². The van der Waals surface area contributed by atoms with Crippen LogP contribution in [0.2, 0.25) is 0 Å². The molecule has 20 heavy (non-hydrogen) atoms. The number of carbonyl (C=O) groups excluding carboxylic acids is 2. The number of carbonyl (C=O) groups is 2. The van der Waals surface area contributed by atoms with Crippen molar-refractivity contribution in [2.45, 2.75) is 33.8 Å². The zero-order valence-electron chi connectivity index (χ0n) is 12.3. The van der Waals surface area contributed by atoms with E-state index in [2.05, 4.69) is 0 Å². The lowest BCUT2D eigenvalue weighted by molar-refractivity contribution is -0.181. The lowest BCUT2D eigenvalue weighted by Crippen LogP contribution is -2.55. The Labute approximate surface area is 119 Å². The second-order valence-electron chi connectivity index (χ2n) is 6.27. The van der Waals surface area contributed by atoms with Crippen molar-refractivity contribution in [3.63, 3.8) is 0 Å². The molecule has 1 aromatic rings. The molecule has 1 aliphatic rings. The minimum Gasteiger partial charge on any atom is -0.456 e. The van der Waals surface area contributed by atoms with Gasteiger partial charge in [-0.2, -0.15) is 0 Å². The maximum atomic E-state index is 12.5. The smallest absolute Gasteiger partial charge is 0.319 e. The van der Waals surface area contributed by atoms with Crippen LogP contribution < -0.4 is 0 Å². The molecule has 0 bridgehead atoms. The summed E-state index contributed by atoms with van der Waals surface area (Å²) in [5, 5.41) is 0. The average molecular weight is 272 g/mol. The number of hydrogen-bond acceptors (Lipinski definition) is 3. The van der Waals surface area contributed by atoms with Gasteiger partial charge in [0.15, 0.2) is 5.78 Å². The van der Waals surface area contributed by atoms with E-state index in [4.69, 9.17) is 4.74 Å². The lowest BCUT2D eigenvalue weighted by Gasteiger charge is -2.41. The Bertz CT molecular complexity index is 553. The fourth-order valence-corrected chi connectivity index (χ4v) is 2.48. The van der Waals surface area contributed by atoms with E-state index in [0.717, 1.165) is 5.56 Å². The van der Waals surface area contributed by atoms with Crippen LogP contribution in [-0.2, 0) is 14.3 Å². The van der Waals surface area contributed by atoms with Crippen molar-refractivity contribution < 1.29 is 14.3 Å². The van der Waals surface area contributed by atoms with E-state index in [0.29, 0.717) is 0 Å². The van der Waals surface area contributed by atoms with Gasteiger partial charge in [0.25, 0.3) is 0 Å². The van der Waals surface area contributed by atoms with Gasteiger partial charge in [-0.05, 0) is 39.3 Å². The highest BCUT2D eigenvalue weighted by molar-refractivity contribution is 6.07. The second-order valence-corrected chi connectivity index (χ2v) is 6.27. The van der Waals surface area contributed by atoms with Gasteiger partial charge in [-0.3, -0.25) is 9.59 Å². The van der Waals surface area contributed by atoms with Crippen molar-refractivity contribution in [2.75, 3.05) is 0 Å². The van der Waals surface area contributed by atoms with E-state index in [9.17, 15) is 9.59 Å². The van der Waals surface area contributed by atoms with E-state index in [-0.39, 0.29) is 5.78 Å². The molecule has 2 rings (SSSR count). The first-order valence-corrected chi connectivity index (χ1v) is 6.75. The quantitative estimate of drug-likeness (QED) is 0.613. The maximum absolute atomic E-state index is 12.5. The summed E-state index contributed by atoms with van der Waals surface area (Å²) in [4.78, 5) is 24.4. The SMILES string of the molecule is CC1(C)C(=O)O[C@H](/C=C/c2ccccc2)C(C)(C)C1=O. The summed E-state index contributed by atoms with van der Waals surface area (Å²) < 4.78 is 5.46. The van der Waals surface area contributed by atoms with Gasteiger partial charge in [-0.25, -0.2) is 0 Å². The number of cyclic esters (lactones) is 1. The first kappa shape index (κ1) is 14.5. The van der Waals surface area contributed by atoms with Gasteiger partial charge in [0, 0.05) is 0 Å². The van der Waals surface area contributed by atoms with Crippen LogP contribution in [0.15, 0.2) is 36.4 Å². The standard InChI is InChI=1S/C17H20O3/c1-16(2)13(11-10-12-8-6-5-7-9-12)20-15(19)17(3,4)14(16)18/h5-11,13H,1-4H3/b11-10+/t13-/m1/s1. The third-order valence-corrected chi connectivity index (χ3v) is 3.87. The third kappa shape index (κ3) is 2.40. The van der Waals surface area contributed by atoms with E-state index in [1.807, 2.05) is 50.3 Å². The molecule has 0 saturated carbocycles. The number of hydrogen-bond donors (Lipinski definition) is 0. The first-order chi connectivity index (χ1) is 9.26. The van der Waals surface area contributed by atoms with E-state index in [1.54, 1.807) is 19.9 Å². The highest BCUT2D eigenvalue weighted by Crippen LogP contribution is 2.40. The summed E-state index contributed by atoms with van der Waals surface area (Å²) >= 11 is 0. The number of benzene rings is 1. The summed E-state index contributed by atoms with van der Waals surface area (Å²) in [7, 11) is 0. The van der Waals surface area contributed by atoms with Crippen LogP contribution in [0.5, 0.6) is 0 Å². The lowest BCUT2D eigenvalue weighted by atomic mass is 9.68. The molecule has 1 aliphatic heterocycles. The summed E-state index contributed by atoms with van der Waals surface area (Å²) in [5.74, 6) is -0.534. The molecular formula is C17H20O3. The molecule has 106 valence electrons. The normalized spacial score (nSPS) is 24.7. The van der Waals surface area contributed by atoms with Crippen molar-refractivity contribution in [1.82, 2.24) is 0 Å². The number of Topliss-reactive ketones (excluding diaryl/α,β-unsaturated/α-hetero) is 1. The Balaban J connectivity index is 2.27. The fraction of sp³-hybridized carbons (Fsp3) is 0.412. The number of ketones is 1. The highest BCUT2D eigenvalue weighted by atomic mass is 16.5. The second kappa shape index (κ2) is 4.89. The molecule has 1 aromatic carbocycles. The Morgan fingerprint density at radius 1 is 1.05 bits per heavy atom. The molecule has 0 aliphatic carbocycles. The fourth-order valence-electron chi connectivity index (χ4n) is 2.48. The summed E-state index contributed by atoms with van der Waals surface area (Å²) in [6, 6.07) is 9.73. The van der Waals surface area contributed by atoms with Crippen molar-refractivity contribution in [3.05, 3.63) is 42.0 Å². The number of esters is 1. The monoisotopic (exact) mass is 272 g/mol. The van der Waals surface area contributed by atoms with Gasteiger partial charge in [0.05, 0.1) is 5.41 Å². The number of ether oxygens (including phenoxy) is 1. The van der Waals surface area contributed by atoms with Crippen molar-refractivity contribution >= 4 is 17.8 Å². The Kier molecular flexibility index (Phi) is 3.55. The van der Waals surface area contributed by atoms with E-state index in [1.165, 1.54) is 0 Å². The van der Waals surface area contributed by atoms with Gasteiger partial charge < -0.3 is 4.74 Å². The van der Waals surface area contributed by atoms with Gasteiger partial charge >= 0.3 is 5.97 Å². The molecule has 3 heteroatoms.